The van der Waals surface area contributed by atoms with Crippen molar-refractivity contribution in [1.29, 1.82) is 0 Å². The average molecular weight is 296 g/mol. The summed E-state index contributed by atoms with van der Waals surface area (Å²) in [5, 5.41) is 10.8. The molecule has 2 atom stereocenters. The molecule has 22 heavy (non-hydrogen) atoms. The van der Waals surface area contributed by atoms with Crippen LogP contribution in [0.3, 0.4) is 0 Å². The fraction of sp³-hybridized carbons (Fsp3) is 0.350. The van der Waals surface area contributed by atoms with E-state index in [2.05, 4.69) is 0 Å². The third kappa shape index (κ3) is 3.28. The van der Waals surface area contributed by atoms with Gasteiger partial charge >= 0.3 is 0 Å². The lowest BCUT2D eigenvalue weighted by molar-refractivity contribution is -0.138. The van der Waals surface area contributed by atoms with Crippen LogP contribution >= 0.6 is 0 Å². The van der Waals surface area contributed by atoms with Gasteiger partial charge in [0.15, 0.2) is 0 Å². The summed E-state index contributed by atoms with van der Waals surface area (Å²) in [6, 6.07) is 19.2. The van der Waals surface area contributed by atoms with Crippen LogP contribution < -0.4 is 0 Å². The topological polar surface area (TPSA) is 37.3 Å². The Kier molecular flexibility index (Phi) is 5.15. The van der Waals surface area contributed by atoms with Gasteiger partial charge in [-0.25, -0.2) is 0 Å². The number of carbonyl (C=O) groups excluding carboxylic acids is 1. The molecule has 2 heteroatoms. The van der Waals surface area contributed by atoms with Crippen LogP contribution in [0.4, 0.5) is 0 Å². The molecule has 2 rings (SSSR count). The number of aliphatic hydroxyl groups excluding tert-OH is 1. The Hall–Kier alpha value is -1.93. The number of Topliss-reactive ketones (excluding diaryl/α,β-unsaturated/α-hetero) is 1. The van der Waals surface area contributed by atoms with Gasteiger partial charge in [0, 0.05) is 6.42 Å². The monoisotopic (exact) mass is 296 g/mol. The molecule has 0 aliphatic rings. The van der Waals surface area contributed by atoms with Crippen LogP contribution in [0, 0.1) is 11.3 Å². The molecule has 0 saturated carbocycles. The van der Waals surface area contributed by atoms with Crippen molar-refractivity contribution in [2.45, 2.75) is 33.3 Å². The third-order valence-electron chi connectivity index (χ3n) is 4.69. The van der Waals surface area contributed by atoms with Crippen LogP contribution in [-0.4, -0.2) is 10.9 Å². The van der Waals surface area contributed by atoms with Crippen molar-refractivity contribution in [1.82, 2.24) is 0 Å². The molecule has 0 heterocycles. The first kappa shape index (κ1) is 16.4. The highest BCUT2D eigenvalue weighted by Gasteiger charge is 2.43. The molecule has 0 fully saturated rings. The highest BCUT2D eigenvalue weighted by Crippen LogP contribution is 2.41. The molecule has 2 nitrogen and oxygen atoms in total. The molecule has 1 N–H and O–H groups in total. The number of carbonyl (C=O) groups is 1. The molecule has 0 aliphatic heterocycles. The maximum atomic E-state index is 12.9. The van der Waals surface area contributed by atoms with Crippen LogP contribution in [-0.2, 0) is 11.2 Å². The zero-order valence-corrected chi connectivity index (χ0v) is 13.5. The van der Waals surface area contributed by atoms with Crippen molar-refractivity contribution in [3.05, 3.63) is 71.8 Å². The van der Waals surface area contributed by atoms with Crippen LogP contribution in [0.15, 0.2) is 60.7 Å². The van der Waals surface area contributed by atoms with Gasteiger partial charge < -0.3 is 5.11 Å². The molecular weight excluding hydrogens is 272 g/mol. The van der Waals surface area contributed by atoms with Crippen molar-refractivity contribution in [3.63, 3.8) is 0 Å². The van der Waals surface area contributed by atoms with Gasteiger partial charge in [0.25, 0.3) is 0 Å². The van der Waals surface area contributed by atoms with E-state index in [0.29, 0.717) is 6.42 Å². The fourth-order valence-electron chi connectivity index (χ4n) is 2.74. The van der Waals surface area contributed by atoms with E-state index < -0.39 is 11.5 Å². The van der Waals surface area contributed by atoms with Crippen molar-refractivity contribution in [3.8, 4) is 0 Å². The molecule has 2 unspecified atom stereocenters. The van der Waals surface area contributed by atoms with E-state index in [1.807, 2.05) is 81.4 Å². The Morgan fingerprint density at radius 2 is 1.50 bits per heavy atom. The third-order valence-corrected chi connectivity index (χ3v) is 4.69. The molecule has 2 aromatic carbocycles. The lowest BCUT2D eigenvalue weighted by Crippen LogP contribution is -2.40. The van der Waals surface area contributed by atoms with E-state index in [-0.39, 0.29) is 11.7 Å². The summed E-state index contributed by atoms with van der Waals surface area (Å²) in [6.07, 6.45) is -0.454. The number of rotatable bonds is 6. The second kappa shape index (κ2) is 6.89. The molecule has 0 aromatic heterocycles. The summed E-state index contributed by atoms with van der Waals surface area (Å²) in [4.78, 5) is 12.9. The Morgan fingerprint density at radius 3 is 2.00 bits per heavy atom. The summed E-state index contributed by atoms with van der Waals surface area (Å²) in [5.74, 6) is 0.115. The predicted molar refractivity (Wildman–Crippen MR) is 89.5 cm³/mol. The molecule has 2 aromatic rings. The molecule has 0 saturated heterocycles. The van der Waals surface area contributed by atoms with Crippen molar-refractivity contribution < 1.29 is 9.90 Å². The van der Waals surface area contributed by atoms with E-state index in [1.165, 1.54) is 0 Å². The Labute approximate surface area is 132 Å². The minimum Gasteiger partial charge on any atom is -0.387 e. The number of ketones is 1. The predicted octanol–water partition coefficient (Wildman–Crippen LogP) is 4.19. The van der Waals surface area contributed by atoms with Gasteiger partial charge in [-0.15, -0.1) is 0 Å². The first-order chi connectivity index (χ1) is 10.5. The largest absolute Gasteiger partial charge is 0.387 e. The molecule has 0 bridgehead atoms. The molecule has 0 amide bonds. The van der Waals surface area contributed by atoms with Crippen molar-refractivity contribution in [2.24, 2.45) is 11.3 Å². The summed E-state index contributed by atoms with van der Waals surface area (Å²) >= 11 is 0. The van der Waals surface area contributed by atoms with Crippen LogP contribution in [0.5, 0.6) is 0 Å². The standard InChI is InChI=1S/C20H24O2/c1-15(2)20(3,19(22)17-12-8-5-9-13-17)18(21)14-16-10-6-4-7-11-16/h4-13,15,19,22H,14H2,1-3H3. The number of hydrogen-bond donors (Lipinski definition) is 1. The van der Waals surface area contributed by atoms with Crippen LogP contribution in [0.1, 0.15) is 38.0 Å². The summed E-state index contributed by atoms with van der Waals surface area (Å²) in [6.45, 7) is 5.87. The van der Waals surface area contributed by atoms with E-state index in [9.17, 15) is 9.90 Å². The highest BCUT2D eigenvalue weighted by molar-refractivity contribution is 5.87. The van der Waals surface area contributed by atoms with Crippen molar-refractivity contribution in [2.75, 3.05) is 0 Å². The smallest absolute Gasteiger partial charge is 0.146 e. The van der Waals surface area contributed by atoms with E-state index in [4.69, 9.17) is 0 Å². The van der Waals surface area contributed by atoms with E-state index >= 15 is 0 Å². The summed E-state index contributed by atoms with van der Waals surface area (Å²) in [7, 11) is 0. The van der Waals surface area contributed by atoms with E-state index in [0.717, 1.165) is 11.1 Å². The lowest BCUT2D eigenvalue weighted by atomic mass is 9.68. The molecule has 0 spiro atoms. The minimum absolute atomic E-state index is 0.0407. The maximum absolute atomic E-state index is 12.9. The molecule has 0 radical (unpaired) electrons. The van der Waals surface area contributed by atoms with Gasteiger partial charge in [-0.2, -0.15) is 0 Å². The molecule has 116 valence electrons. The minimum atomic E-state index is -0.808. The SMILES string of the molecule is CC(C)C(C)(C(=O)Cc1ccccc1)C(O)c1ccccc1. The van der Waals surface area contributed by atoms with Crippen LogP contribution in [0.2, 0.25) is 0 Å². The van der Waals surface area contributed by atoms with Gasteiger partial charge in [-0.1, -0.05) is 74.5 Å². The Balaban J connectivity index is 2.29. The fourth-order valence-corrected chi connectivity index (χ4v) is 2.74. The van der Waals surface area contributed by atoms with Gasteiger partial charge in [-0.05, 0) is 24.0 Å². The zero-order valence-electron chi connectivity index (χ0n) is 13.5. The Morgan fingerprint density at radius 1 is 1.00 bits per heavy atom. The quantitative estimate of drug-likeness (QED) is 0.867. The van der Waals surface area contributed by atoms with Gasteiger partial charge in [0.05, 0.1) is 11.5 Å². The molecular formula is C20H24O2. The number of hydrogen-bond acceptors (Lipinski definition) is 2. The number of aliphatic hydroxyl groups is 1. The second-order valence-corrected chi connectivity index (χ2v) is 6.34. The van der Waals surface area contributed by atoms with Gasteiger partial charge in [-0.3, -0.25) is 4.79 Å². The zero-order chi connectivity index (χ0) is 16.2. The average Bonchev–Trinajstić information content (AvgIpc) is 2.54. The van der Waals surface area contributed by atoms with Crippen LogP contribution in [0.25, 0.3) is 0 Å². The second-order valence-electron chi connectivity index (χ2n) is 6.34. The summed E-state index contributed by atoms with van der Waals surface area (Å²) in [5.41, 5.74) is 0.969. The van der Waals surface area contributed by atoms with Crippen molar-refractivity contribution >= 4 is 5.78 Å². The summed E-state index contributed by atoms with van der Waals surface area (Å²) < 4.78 is 0. The Bertz CT molecular complexity index is 604. The lowest BCUT2D eigenvalue weighted by Gasteiger charge is -2.37. The molecule has 0 aliphatic carbocycles. The van der Waals surface area contributed by atoms with Gasteiger partial charge in [0.2, 0.25) is 0 Å². The van der Waals surface area contributed by atoms with E-state index in [1.54, 1.807) is 0 Å². The maximum Gasteiger partial charge on any atom is 0.146 e. The first-order valence-electron chi connectivity index (χ1n) is 7.76. The van der Waals surface area contributed by atoms with Gasteiger partial charge in [0.1, 0.15) is 5.78 Å². The highest BCUT2D eigenvalue weighted by atomic mass is 16.3. The number of benzene rings is 2. The first-order valence-corrected chi connectivity index (χ1v) is 7.76. The normalized spacial score (nSPS) is 15.3.